The van der Waals surface area contributed by atoms with Gasteiger partial charge in [-0.3, -0.25) is 9.69 Å². The minimum absolute atomic E-state index is 0.0465. The third-order valence-electron chi connectivity index (χ3n) is 4.02. The van der Waals surface area contributed by atoms with E-state index in [1.807, 2.05) is 25.1 Å². The highest BCUT2D eigenvalue weighted by molar-refractivity contribution is 6.31. The molecular weight excluding hydrogens is 272 g/mol. The molecule has 2 rings (SSSR count). The van der Waals surface area contributed by atoms with E-state index in [0.717, 1.165) is 24.2 Å². The number of halogens is 1. The van der Waals surface area contributed by atoms with E-state index in [1.54, 1.807) is 0 Å². The molecule has 0 aliphatic carbocycles. The van der Waals surface area contributed by atoms with Crippen LogP contribution in [0.5, 0.6) is 0 Å². The third-order valence-corrected chi connectivity index (χ3v) is 4.43. The van der Waals surface area contributed by atoms with Crippen molar-refractivity contribution in [1.29, 1.82) is 0 Å². The third kappa shape index (κ3) is 3.97. The van der Waals surface area contributed by atoms with Gasteiger partial charge < -0.3 is 5.32 Å². The maximum atomic E-state index is 12.1. The van der Waals surface area contributed by atoms with Gasteiger partial charge in [-0.25, -0.2) is 0 Å². The largest absolute Gasteiger partial charge is 0.325 e. The van der Waals surface area contributed by atoms with Gasteiger partial charge in [-0.05, 0) is 50.4 Å². The molecule has 3 nitrogen and oxygen atoms in total. The number of amides is 1. The number of carbonyl (C=O) groups is 1. The lowest BCUT2D eigenvalue weighted by molar-refractivity contribution is -0.118. The van der Waals surface area contributed by atoms with Crippen molar-refractivity contribution >= 4 is 23.2 Å². The average Bonchev–Trinajstić information content (AvgIpc) is 2.43. The Morgan fingerprint density at radius 3 is 2.95 bits per heavy atom. The standard InChI is InChI=1S/C16H23ClN2O/c1-3-14-6-4-5-9-19(14)11-16(20)18-13-8-7-12(2)15(17)10-13/h7-8,10,14H,3-6,9,11H2,1-2H3,(H,18,20). The Bertz CT molecular complexity index is 476. The minimum Gasteiger partial charge on any atom is -0.325 e. The number of likely N-dealkylation sites (tertiary alicyclic amines) is 1. The highest BCUT2D eigenvalue weighted by Gasteiger charge is 2.22. The van der Waals surface area contributed by atoms with Gasteiger partial charge in [-0.2, -0.15) is 0 Å². The van der Waals surface area contributed by atoms with E-state index >= 15 is 0 Å². The molecule has 110 valence electrons. The maximum absolute atomic E-state index is 12.1. The van der Waals surface area contributed by atoms with Crippen LogP contribution in [0.25, 0.3) is 0 Å². The smallest absolute Gasteiger partial charge is 0.238 e. The summed E-state index contributed by atoms with van der Waals surface area (Å²) >= 11 is 6.07. The second kappa shape index (κ2) is 7.09. The second-order valence-corrected chi connectivity index (χ2v) is 5.95. The van der Waals surface area contributed by atoms with Crippen molar-refractivity contribution in [3.8, 4) is 0 Å². The van der Waals surface area contributed by atoms with Gasteiger partial charge in [0, 0.05) is 16.8 Å². The van der Waals surface area contributed by atoms with Crippen LogP contribution in [0, 0.1) is 6.92 Å². The van der Waals surface area contributed by atoms with Crippen LogP contribution in [0.15, 0.2) is 18.2 Å². The van der Waals surface area contributed by atoms with Crippen molar-refractivity contribution < 1.29 is 4.79 Å². The van der Waals surface area contributed by atoms with Gasteiger partial charge in [0.1, 0.15) is 0 Å². The average molecular weight is 295 g/mol. The summed E-state index contributed by atoms with van der Waals surface area (Å²) < 4.78 is 0. The lowest BCUT2D eigenvalue weighted by Crippen LogP contribution is -2.43. The Morgan fingerprint density at radius 1 is 1.45 bits per heavy atom. The zero-order valence-corrected chi connectivity index (χ0v) is 13.0. The lowest BCUT2D eigenvalue weighted by Gasteiger charge is -2.34. The molecule has 0 spiro atoms. The molecule has 0 radical (unpaired) electrons. The van der Waals surface area contributed by atoms with Crippen LogP contribution in [0.4, 0.5) is 5.69 Å². The van der Waals surface area contributed by atoms with Gasteiger partial charge in [0.05, 0.1) is 6.54 Å². The zero-order chi connectivity index (χ0) is 14.5. The summed E-state index contributed by atoms with van der Waals surface area (Å²) in [5, 5.41) is 3.62. The molecule has 1 aromatic carbocycles. The van der Waals surface area contributed by atoms with Crippen molar-refractivity contribution in [1.82, 2.24) is 4.90 Å². The molecule has 1 aliphatic heterocycles. The molecule has 1 atom stereocenters. The minimum atomic E-state index is 0.0465. The summed E-state index contributed by atoms with van der Waals surface area (Å²) in [4.78, 5) is 14.4. The Hall–Kier alpha value is -1.06. The van der Waals surface area contributed by atoms with Crippen LogP contribution in [0.2, 0.25) is 5.02 Å². The van der Waals surface area contributed by atoms with Crippen molar-refractivity contribution in [2.24, 2.45) is 0 Å². The molecular formula is C16H23ClN2O. The number of rotatable bonds is 4. The highest BCUT2D eigenvalue weighted by Crippen LogP contribution is 2.21. The Balaban J connectivity index is 1.92. The van der Waals surface area contributed by atoms with Crippen LogP contribution >= 0.6 is 11.6 Å². The van der Waals surface area contributed by atoms with Gasteiger partial charge in [0.15, 0.2) is 0 Å². The predicted molar refractivity (Wildman–Crippen MR) is 84.3 cm³/mol. The van der Waals surface area contributed by atoms with Crippen molar-refractivity contribution in [2.45, 2.75) is 45.6 Å². The molecule has 4 heteroatoms. The van der Waals surface area contributed by atoms with Crippen molar-refractivity contribution in [3.63, 3.8) is 0 Å². The monoisotopic (exact) mass is 294 g/mol. The lowest BCUT2D eigenvalue weighted by atomic mass is 10.00. The number of hydrogen-bond acceptors (Lipinski definition) is 2. The quantitative estimate of drug-likeness (QED) is 0.915. The molecule has 0 saturated carbocycles. The van der Waals surface area contributed by atoms with Crippen LogP contribution in [0.3, 0.4) is 0 Å². The number of piperidine rings is 1. The van der Waals surface area contributed by atoms with Crippen molar-refractivity contribution in [3.05, 3.63) is 28.8 Å². The topological polar surface area (TPSA) is 32.3 Å². The first-order valence-corrected chi connectivity index (χ1v) is 7.78. The van der Waals surface area contributed by atoms with E-state index in [-0.39, 0.29) is 5.91 Å². The van der Waals surface area contributed by atoms with Gasteiger partial charge >= 0.3 is 0 Å². The SMILES string of the molecule is CCC1CCCCN1CC(=O)Nc1ccc(C)c(Cl)c1. The van der Waals surface area contributed by atoms with E-state index in [0.29, 0.717) is 17.6 Å². The number of aryl methyl sites for hydroxylation is 1. The number of benzene rings is 1. The van der Waals surface area contributed by atoms with E-state index < -0.39 is 0 Å². The number of carbonyl (C=O) groups excluding carboxylic acids is 1. The highest BCUT2D eigenvalue weighted by atomic mass is 35.5. The van der Waals surface area contributed by atoms with Crippen LogP contribution in [-0.2, 0) is 4.79 Å². The molecule has 1 N–H and O–H groups in total. The van der Waals surface area contributed by atoms with E-state index in [9.17, 15) is 4.79 Å². The first-order valence-electron chi connectivity index (χ1n) is 7.40. The predicted octanol–water partition coefficient (Wildman–Crippen LogP) is 3.85. The molecule has 1 fully saturated rings. The molecule has 0 bridgehead atoms. The maximum Gasteiger partial charge on any atom is 0.238 e. The summed E-state index contributed by atoms with van der Waals surface area (Å²) in [5.41, 5.74) is 1.79. The molecule has 1 saturated heterocycles. The first-order chi connectivity index (χ1) is 9.60. The Morgan fingerprint density at radius 2 is 2.25 bits per heavy atom. The summed E-state index contributed by atoms with van der Waals surface area (Å²) in [6.07, 6.45) is 4.80. The van der Waals surface area contributed by atoms with Crippen molar-refractivity contribution in [2.75, 3.05) is 18.4 Å². The summed E-state index contributed by atoms with van der Waals surface area (Å²) in [6.45, 7) is 5.65. The molecule has 1 amide bonds. The molecule has 1 aromatic rings. The van der Waals surface area contributed by atoms with Gasteiger partial charge in [0.25, 0.3) is 0 Å². The zero-order valence-electron chi connectivity index (χ0n) is 12.3. The van der Waals surface area contributed by atoms with E-state index in [4.69, 9.17) is 11.6 Å². The summed E-state index contributed by atoms with van der Waals surface area (Å²) in [5.74, 6) is 0.0465. The second-order valence-electron chi connectivity index (χ2n) is 5.54. The van der Waals surface area contributed by atoms with Gasteiger partial charge in [-0.1, -0.05) is 31.0 Å². The molecule has 0 aromatic heterocycles. The molecule has 1 aliphatic rings. The fraction of sp³-hybridized carbons (Fsp3) is 0.562. The Kier molecular flexibility index (Phi) is 5.44. The number of hydrogen-bond donors (Lipinski definition) is 1. The number of nitrogens with zero attached hydrogens (tertiary/aromatic N) is 1. The van der Waals surface area contributed by atoms with Crippen LogP contribution < -0.4 is 5.32 Å². The normalized spacial score (nSPS) is 19.9. The van der Waals surface area contributed by atoms with Gasteiger partial charge in [-0.15, -0.1) is 0 Å². The molecule has 1 unspecified atom stereocenters. The summed E-state index contributed by atoms with van der Waals surface area (Å²) in [7, 11) is 0. The van der Waals surface area contributed by atoms with Crippen LogP contribution in [-0.4, -0.2) is 29.9 Å². The van der Waals surface area contributed by atoms with E-state index in [2.05, 4.69) is 17.1 Å². The van der Waals surface area contributed by atoms with E-state index in [1.165, 1.54) is 19.3 Å². The fourth-order valence-corrected chi connectivity index (χ4v) is 2.97. The first kappa shape index (κ1) is 15.3. The fourth-order valence-electron chi connectivity index (χ4n) is 2.79. The number of nitrogens with one attached hydrogen (secondary N) is 1. The number of anilines is 1. The summed E-state index contributed by atoms with van der Waals surface area (Å²) in [6, 6.07) is 6.18. The molecule has 20 heavy (non-hydrogen) atoms. The van der Waals surface area contributed by atoms with Gasteiger partial charge in [0.2, 0.25) is 5.91 Å². The molecule has 1 heterocycles. The Labute approximate surface area is 126 Å². The van der Waals surface area contributed by atoms with Crippen LogP contribution in [0.1, 0.15) is 38.2 Å².